The molecule has 0 atom stereocenters. The molecule has 1 saturated carbocycles. The molecule has 0 unspecified atom stereocenters. The molecule has 2 aromatic heterocycles. The van der Waals surface area contributed by atoms with Gasteiger partial charge < -0.3 is 33.2 Å². The summed E-state index contributed by atoms with van der Waals surface area (Å²) in [5, 5.41) is 8.38. The molecule has 6 rings (SSSR count). The number of fused-ring (bicyclic) bond motifs is 2. The van der Waals surface area contributed by atoms with Gasteiger partial charge in [-0.3, -0.25) is 5.41 Å². The molecule has 0 radical (unpaired) electrons. The number of nitrogens with zero attached hydrogens (tertiary/aromatic N) is 3. The van der Waals surface area contributed by atoms with Crippen LogP contribution in [0.3, 0.4) is 0 Å². The van der Waals surface area contributed by atoms with Crippen molar-refractivity contribution < 1.29 is 23.7 Å². The van der Waals surface area contributed by atoms with Gasteiger partial charge in [0.25, 0.3) is 0 Å². The van der Waals surface area contributed by atoms with Gasteiger partial charge in [-0.15, -0.1) is 0 Å². The van der Waals surface area contributed by atoms with Gasteiger partial charge in [-0.05, 0) is 74.9 Å². The number of hydrogen-bond donors (Lipinski definition) is 2. The maximum absolute atomic E-state index is 8.38. The van der Waals surface area contributed by atoms with Crippen LogP contribution in [0.15, 0.2) is 42.7 Å². The highest BCUT2D eigenvalue weighted by Crippen LogP contribution is 2.35. The van der Waals surface area contributed by atoms with Gasteiger partial charge in [0.05, 0.1) is 32.7 Å². The van der Waals surface area contributed by atoms with Crippen LogP contribution in [0.4, 0.5) is 0 Å². The summed E-state index contributed by atoms with van der Waals surface area (Å²) >= 11 is 0. The number of benzene rings is 2. The Morgan fingerprint density at radius 3 is 2.67 bits per heavy atom. The standard InChI is InChI=1S/C29H33N5O5/c1-29(2,38-15-19-9-11-22-23(13-19)37-17-36-22)28-32-25-26(30)31-16-34(27(25)33-28)14-18-8-10-21(35-3)24(12-18)39-20-6-4-5-7-20/h8-13,16,20,30H,4-7,14-15,17H2,1-3H3,(H,32,33). The number of aromatic nitrogens is 4. The summed E-state index contributed by atoms with van der Waals surface area (Å²) in [6.45, 7) is 5.02. The lowest BCUT2D eigenvalue weighted by atomic mass is 10.1. The number of aromatic amines is 1. The third-order valence-corrected chi connectivity index (χ3v) is 7.30. The number of rotatable bonds is 9. The van der Waals surface area contributed by atoms with Crippen molar-refractivity contribution in [2.75, 3.05) is 13.9 Å². The fourth-order valence-electron chi connectivity index (χ4n) is 5.04. The largest absolute Gasteiger partial charge is 0.493 e. The summed E-state index contributed by atoms with van der Waals surface area (Å²) in [7, 11) is 1.66. The van der Waals surface area contributed by atoms with E-state index in [0.717, 1.165) is 47.0 Å². The highest BCUT2D eigenvalue weighted by Gasteiger charge is 2.27. The van der Waals surface area contributed by atoms with E-state index >= 15 is 0 Å². The Morgan fingerprint density at radius 1 is 1.05 bits per heavy atom. The molecule has 2 aromatic carbocycles. The maximum Gasteiger partial charge on any atom is 0.231 e. The first kappa shape index (κ1) is 25.2. The number of imidazole rings is 1. The van der Waals surface area contributed by atoms with E-state index in [4.69, 9.17) is 34.1 Å². The van der Waals surface area contributed by atoms with E-state index in [-0.39, 0.29) is 18.4 Å². The molecule has 10 nitrogen and oxygen atoms in total. The second-order valence-electron chi connectivity index (χ2n) is 10.5. The molecular formula is C29H33N5O5. The van der Waals surface area contributed by atoms with Gasteiger partial charge >= 0.3 is 0 Å². The molecule has 0 bridgehead atoms. The quantitative estimate of drug-likeness (QED) is 0.319. The maximum atomic E-state index is 8.38. The monoisotopic (exact) mass is 531 g/mol. The van der Waals surface area contributed by atoms with Gasteiger partial charge in [0.1, 0.15) is 16.9 Å². The molecule has 4 aromatic rings. The third-order valence-electron chi connectivity index (χ3n) is 7.30. The molecule has 2 N–H and O–H groups in total. The van der Waals surface area contributed by atoms with Gasteiger partial charge in [0.2, 0.25) is 6.79 Å². The van der Waals surface area contributed by atoms with Gasteiger partial charge in [-0.25, -0.2) is 9.97 Å². The Labute approximate surface area is 226 Å². The minimum Gasteiger partial charge on any atom is -0.493 e. The average Bonchev–Trinajstić information content (AvgIpc) is 3.70. The van der Waals surface area contributed by atoms with E-state index in [2.05, 4.69) is 9.97 Å². The van der Waals surface area contributed by atoms with E-state index < -0.39 is 5.60 Å². The van der Waals surface area contributed by atoms with Crippen LogP contribution >= 0.6 is 0 Å². The lowest BCUT2D eigenvalue weighted by Gasteiger charge is -2.23. The van der Waals surface area contributed by atoms with Crippen molar-refractivity contribution in [1.29, 1.82) is 5.41 Å². The fraction of sp³-hybridized carbons (Fsp3) is 0.414. The van der Waals surface area contributed by atoms with Crippen LogP contribution in [0.1, 0.15) is 56.5 Å². The number of methoxy groups -OCH3 is 1. The van der Waals surface area contributed by atoms with E-state index in [1.54, 1.807) is 13.4 Å². The number of hydrogen-bond acceptors (Lipinski definition) is 8. The third kappa shape index (κ3) is 5.16. The lowest BCUT2D eigenvalue weighted by Crippen LogP contribution is -2.23. The molecule has 204 valence electrons. The molecular weight excluding hydrogens is 498 g/mol. The topological polar surface area (TPSA) is 117 Å². The summed E-state index contributed by atoms with van der Waals surface area (Å²) < 4.78 is 30.9. The smallest absolute Gasteiger partial charge is 0.231 e. The summed E-state index contributed by atoms with van der Waals surface area (Å²) in [5.41, 5.74) is 2.57. The number of H-pyrrole nitrogens is 1. The zero-order valence-electron chi connectivity index (χ0n) is 22.5. The molecule has 1 aliphatic carbocycles. The van der Waals surface area contributed by atoms with Crippen LogP contribution in [-0.2, 0) is 23.5 Å². The van der Waals surface area contributed by atoms with E-state index in [0.29, 0.717) is 30.1 Å². The Bertz CT molecular complexity index is 1550. The molecule has 39 heavy (non-hydrogen) atoms. The normalized spacial score (nSPS) is 15.3. The van der Waals surface area contributed by atoms with Crippen LogP contribution in [0.25, 0.3) is 11.2 Å². The summed E-state index contributed by atoms with van der Waals surface area (Å²) in [5.74, 6) is 3.56. The molecule has 10 heteroatoms. The molecule has 2 aliphatic rings. The van der Waals surface area contributed by atoms with Gasteiger partial charge in [-0.2, -0.15) is 0 Å². The van der Waals surface area contributed by atoms with Crippen LogP contribution in [0, 0.1) is 5.41 Å². The molecule has 0 saturated heterocycles. The van der Waals surface area contributed by atoms with Crippen LogP contribution < -0.4 is 24.4 Å². The van der Waals surface area contributed by atoms with Crippen molar-refractivity contribution in [3.63, 3.8) is 0 Å². The average molecular weight is 532 g/mol. The zero-order valence-corrected chi connectivity index (χ0v) is 22.5. The molecule has 3 heterocycles. The molecule has 1 aliphatic heterocycles. The molecule has 1 fully saturated rings. The van der Waals surface area contributed by atoms with Gasteiger partial charge in [0.15, 0.2) is 34.1 Å². The number of nitrogens with one attached hydrogen (secondary N) is 2. The minimum absolute atomic E-state index is 0.131. The van der Waals surface area contributed by atoms with E-state index in [9.17, 15) is 0 Å². The van der Waals surface area contributed by atoms with Gasteiger partial charge in [-0.1, -0.05) is 12.1 Å². The fourth-order valence-corrected chi connectivity index (χ4v) is 5.04. The highest BCUT2D eigenvalue weighted by molar-refractivity contribution is 5.69. The van der Waals surface area contributed by atoms with Crippen LogP contribution in [0.5, 0.6) is 23.0 Å². The van der Waals surface area contributed by atoms with Crippen molar-refractivity contribution in [3.8, 4) is 23.0 Å². The Hall–Kier alpha value is -4.05. The van der Waals surface area contributed by atoms with Gasteiger partial charge in [0, 0.05) is 0 Å². The first-order valence-corrected chi connectivity index (χ1v) is 13.3. The zero-order chi connectivity index (χ0) is 27.0. The Balaban J connectivity index is 1.24. The van der Waals surface area contributed by atoms with Crippen molar-refractivity contribution in [2.24, 2.45) is 0 Å². The van der Waals surface area contributed by atoms with E-state index in [1.807, 2.05) is 54.8 Å². The molecule has 0 spiro atoms. The lowest BCUT2D eigenvalue weighted by molar-refractivity contribution is -0.0393. The predicted octanol–water partition coefficient (Wildman–Crippen LogP) is 4.80. The predicted molar refractivity (Wildman–Crippen MR) is 143 cm³/mol. The Morgan fingerprint density at radius 2 is 1.85 bits per heavy atom. The summed E-state index contributed by atoms with van der Waals surface area (Å²) in [6.07, 6.45) is 6.41. The highest BCUT2D eigenvalue weighted by atomic mass is 16.7. The van der Waals surface area contributed by atoms with Crippen LogP contribution in [0.2, 0.25) is 0 Å². The SMILES string of the molecule is COc1ccc(Cn2cnc(=N)c3[nH]c(C(C)(C)OCc4ccc5c(c4)OCO5)nc32)cc1OC1CCCC1. The second kappa shape index (κ2) is 10.3. The van der Waals surface area contributed by atoms with Crippen LogP contribution in [-0.4, -0.2) is 39.5 Å². The summed E-state index contributed by atoms with van der Waals surface area (Å²) in [4.78, 5) is 12.5. The Kier molecular flexibility index (Phi) is 6.64. The first-order valence-electron chi connectivity index (χ1n) is 13.3. The van der Waals surface area contributed by atoms with Crippen molar-refractivity contribution >= 4 is 11.2 Å². The minimum atomic E-state index is -0.748. The second-order valence-corrected chi connectivity index (χ2v) is 10.5. The van der Waals surface area contributed by atoms with Crippen molar-refractivity contribution in [2.45, 2.75) is 64.4 Å². The molecule has 0 amide bonds. The van der Waals surface area contributed by atoms with Crippen molar-refractivity contribution in [1.82, 2.24) is 19.5 Å². The van der Waals surface area contributed by atoms with Crippen molar-refractivity contribution in [3.05, 3.63) is 65.2 Å². The first-order chi connectivity index (χ1) is 18.9. The van der Waals surface area contributed by atoms with E-state index in [1.165, 1.54) is 12.8 Å². The summed E-state index contributed by atoms with van der Waals surface area (Å²) in [6, 6.07) is 11.8. The number of ether oxygens (including phenoxy) is 5.